The van der Waals surface area contributed by atoms with Crippen LogP contribution >= 0.6 is 0 Å². The van der Waals surface area contributed by atoms with E-state index in [2.05, 4.69) is 46.4 Å². The van der Waals surface area contributed by atoms with Crippen LogP contribution in [-0.4, -0.2) is 48.4 Å². The molecule has 0 saturated carbocycles. The fraction of sp³-hybridized carbons (Fsp3) is 1.00. The van der Waals surface area contributed by atoms with Gasteiger partial charge in [0.1, 0.15) is 0 Å². The normalized spacial score (nSPS) is 27.0. The van der Waals surface area contributed by atoms with Crippen LogP contribution in [0.2, 0.25) is 0 Å². The third-order valence-corrected chi connectivity index (χ3v) is 2.58. The van der Waals surface area contributed by atoms with Crippen LogP contribution in [0.3, 0.4) is 0 Å². The fourth-order valence-corrected chi connectivity index (χ4v) is 2.24. The van der Waals surface area contributed by atoms with Crippen LogP contribution in [0.4, 0.5) is 0 Å². The van der Waals surface area contributed by atoms with Gasteiger partial charge in [-0.2, -0.15) is 0 Å². The Bertz CT molecular complexity index is 220. The highest BCUT2D eigenvalue weighted by atomic mass is 16.5. The van der Waals surface area contributed by atoms with Gasteiger partial charge in [0, 0.05) is 19.6 Å². The Morgan fingerprint density at radius 3 is 2.50 bits per heavy atom. The summed E-state index contributed by atoms with van der Waals surface area (Å²) in [6.45, 7) is 16.5. The molecule has 96 valence electrons. The highest BCUT2D eigenvalue weighted by Crippen LogP contribution is 2.20. The molecule has 1 fully saturated rings. The smallest absolute Gasteiger partial charge is 0.0757 e. The summed E-state index contributed by atoms with van der Waals surface area (Å²) in [6.07, 6.45) is 0.318. The Labute approximate surface area is 100 Å². The van der Waals surface area contributed by atoms with E-state index in [4.69, 9.17) is 9.47 Å². The van der Waals surface area contributed by atoms with Gasteiger partial charge in [0.05, 0.1) is 23.9 Å². The van der Waals surface area contributed by atoms with Crippen molar-refractivity contribution >= 4 is 0 Å². The first-order chi connectivity index (χ1) is 7.18. The summed E-state index contributed by atoms with van der Waals surface area (Å²) >= 11 is 0. The van der Waals surface area contributed by atoms with Crippen LogP contribution in [0.5, 0.6) is 0 Å². The second kappa shape index (κ2) is 5.03. The molecule has 1 unspecified atom stereocenters. The highest BCUT2D eigenvalue weighted by Gasteiger charge is 2.30. The minimum absolute atomic E-state index is 0.0284. The summed E-state index contributed by atoms with van der Waals surface area (Å²) in [5.41, 5.74) is -0.0627. The topological polar surface area (TPSA) is 21.7 Å². The Balaban J connectivity index is 2.32. The molecule has 0 aromatic carbocycles. The molecule has 0 aliphatic carbocycles. The average Bonchev–Trinajstić information content (AvgIpc) is 1.96. The Kier molecular flexibility index (Phi) is 4.38. The van der Waals surface area contributed by atoms with Gasteiger partial charge in [-0.05, 0) is 41.5 Å². The van der Waals surface area contributed by atoms with Crippen molar-refractivity contribution in [3.05, 3.63) is 0 Å². The molecule has 1 aliphatic heterocycles. The zero-order valence-electron chi connectivity index (χ0n) is 11.7. The molecule has 1 heterocycles. The predicted octanol–water partition coefficient (Wildman–Crippen LogP) is 2.30. The number of rotatable bonds is 3. The summed E-state index contributed by atoms with van der Waals surface area (Å²) in [7, 11) is 0. The molecule has 0 aromatic heterocycles. The van der Waals surface area contributed by atoms with Crippen molar-refractivity contribution in [3.63, 3.8) is 0 Å². The van der Waals surface area contributed by atoms with E-state index in [-0.39, 0.29) is 11.2 Å². The number of nitrogens with zero attached hydrogens (tertiary/aromatic N) is 1. The van der Waals surface area contributed by atoms with Crippen LogP contribution in [0.25, 0.3) is 0 Å². The van der Waals surface area contributed by atoms with Gasteiger partial charge in [0.15, 0.2) is 0 Å². The van der Waals surface area contributed by atoms with Gasteiger partial charge in [-0.1, -0.05) is 0 Å². The lowest BCUT2D eigenvalue weighted by atomic mass is 10.1. The molecule has 0 bridgehead atoms. The molecule has 1 atom stereocenters. The Morgan fingerprint density at radius 2 is 2.00 bits per heavy atom. The van der Waals surface area contributed by atoms with E-state index in [9.17, 15) is 0 Å². The molecule has 0 spiro atoms. The summed E-state index contributed by atoms with van der Waals surface area (Å²) in [6, 6.07) is 0. The minimum Gasteiger partial charge on any atom is -0.375 e. The maximum absolute atomic E-state index is 5.87. The van der Waals surface area contributed by atoms with Crippen molar-refractivity contribution in [1.82, 2.24) is 4.90 Å². The molecule has 0 N–H and O–H groups in total. The second-order valence-electron chi connectivity index (χ2n) is 6.38. The number of hydrogen-bond donors (Lipinski definition) is 0. The van der Waals surface area contributed by atoms with E-state index in [0.29, 0.717) is 6.10 Å². The quantitative estimate of drug-likeness (QED) is 0.741. The van der Waals surface area contributed by atoms with Crippen molar-refractivity contribution < 1.29 is 9.47 Å². The van der Waals surface area contributed by atoms with E-state index in [1.54, 1.807) is 0 Å². The van der Waals surface area contributed by atoms with Crippen molar-refractivity contribution in [2.75, 3.05) is 26.2 Å². The van der Waals surface area contributed by atoms with Crippen LogP contribution in [0, 0.1) is 0 Å². The number of morpholine rings is 1. The molecular formula is C13H27NO2. The van der Waals surface area contributed by atoms with Gasteiger partial charge >= 0.3 is 0 Å². The third kappa shape index (κ3) is 5.28. The predicted molar refractivity (Wildman–Crippen MR) is 66.8 cm³/mol. The zero-order valence-corrected chi connectivity index (χ0v) is 11.7. The minimum atomic E-state index is -0.0343. The number of hydrogen-bond acceptors (Lipinski definition) is 3. The Hall–Kier alpha value is -0.120. The van der Waals surface area contributed by atoms with Gasteiger partial charge in [-0.25, -0.2) is 0 Å². The van der Waals surface area contributed by atoms with E-state index in [1.807, 2.05) is 0 Å². The maximum atomic E-state index is 5.87. The SMILES string of the molecule is CC1CN(CCOC(C)(C)C)CC(C)(C)O1. The molecule has 0 radical (unpaired) electrons. The average molecular weight is 229 g/mol. The van der Waals surface area contributed by atoms with Crippen LogP contribution in [0.1, 0.15) is 41.5 Å². The monoisotopic (exact) mass is 229 g/mol. The summed E-state index contributed by atoms with van der Waals surface area (Å²) < 4.78 is 11.6. The summed E-state index contributed by atoms with van der Waals surface area (Å²) in [5, 5.41) is 0. The highest BCUT2D eigenvalue weighted by molar-refractivity contribution is 4.82. The van der Waals surface area contributed by atoms with Gasteiger partial charge in [0.2, 0.25) is 0 Å². The van der Waals surface area contributed by atoms with Crippen LogP contribution < -0.4 is 0 Å². The molecule has 0 amide bonds. The second-order valence-corrected chi connectivity index (χ2v) is 6.38. The zero-order chi connectivity index (χ0) is 12.4. The first kappa shape index (κ1) is 13.9. The Morgan fingerprint density at radius 1 is 1.38 bits per heavy atom. The van der Waals surface area contributed by atoms with E-state index in [0.717, 1.165) is 26.2 Å². The molecular weight excluding hydrogens is 202 g/mol. The first-order valence-corrected chi connectivity index (χ1v) is 6.22. The molecule has 3 nitrogen and oxygen atoms in total. The van der Waals surface area contributed by atoms with Gasteiger partial charge in [0.25, 0.3) is 0 Å². The van der Waals surface area contributed by atoms with E-state index >= 15 is 0 Å². The van der Waals surface area contributed by atoms with Crippen molar-refractivity contribution in [3.8, 4) is 0 Å². The van der Waals surface area contributed by atoms with E-state index < -0.39 is 0 Å². The fourth-order valence-electron chi connectivity index (χ4n) is 2.24. The van der Waals surface area contributed by atoms with Crippen molar-refractivity contribution in [2.45, 2.75) is 58.8 Å². The summed E-state index contributed by atoms with van der Waals surface area (Å²) in [5.74, 6) is 0. The lowest BCUT2D eigenvalue weighted by Gasteiger charge is -2.41. The van der Waals surface area contributed by atoms with Gasteiger partial charge < -0.3 is 9.47 Å². The summed E-state index contributed by atoms with van der Waals surface area (Å²) in [4.78, 5) is 2.43. The molecule has 1 aliphatic rings. The van der Waals surface area contributed by atoms with Crippen molar-refractivity contribution in [1.29, 1.82) is 0 Å². The van der Waals surface area contributed by atoms with Gasteiger partial charge in [-0.3, -0.25) is 4.90 Å². The van der Waals surface area contributed by atoms with Crippen LogP contribution in [-0.2, 0) is 9.47 Å². The van der Waals surface area contributed by atoms with Gasteiger partial charge in [-0.15, -0.1) is 0 Å². The first-order valence-electron chi connectivity index (χ1n) is 6.22. The molecule has 1 saturated heterocycles. The lowest BCUT2D eigenvalue weighted by molar-refractivity contribution is -0.134. The number of ether oxygens (including phenoxy) is 2. The van der Waals surface area contributed by atoms with Crippen molar-refractivity contribution in [2.24, 2.45) is 0 Å². The maximum Gasteiger partial charge on any atom is 0.0757 e. The molecule has 3 heteroatoms. The molecule has 0 aromatic rings. The lowest BCUT2D eigenvalue weighted by Crippen LogP contribution is -2.52. The largest absolute Gasteiger partial charge is 0.375 e. The van der Waals surface area contributed by atoms with E-state index in [1.165, 1.54) is 0 Å². The van der Waals surface area contributed by atoms with Crippen LogP contribution in [0.15, 0.2) is 0 Å². The molecule has 1 rings (SSSR count). The standard InChI is InChI=1S/C13H27NO2/c1-11-9-14(10-13(5,6)16-11)7-8-15-12(2,3)4/h11H,7-10H2,1-6H3. The molecule has 16 heavy (non-hydrogen) atoms. The third-order valence-electron chi connectivity index (χ3n) is 2.58.